The number of hydrogen-bond donors (Lipinski definition) is 0. The molecule has 0 saturated carbocycles. The molecule has 1 aliphatic rings. The molecule has 4 aromatic rings. The predicted octanol–water partition coefficient (Wildman–Crippen LogP) is 5.67. The summed E-state index contributed by atoms with van der Waals surface area (Å²) in [7, 11) is -0.578. The lowest BCUT2D eigenvalue weighted by molar-refractivity contribution is -0.710. The molecule has 0 amide bonds. The van der Waals surface area contributed by atoms with Crippen LogP contribution in [0.1, 0.15) is 19.4 Å². The zero-order valence-corrected chi connectivity index (χ0v) is 18.6. The zero-order chi connectivity index (χ0) is 21.0. The number of para-hydroxylation sites is 1. The predicted molar refractivity (Wildman–Crippen MR) is 131 cm³/mol. The third kappa shape index (κ3) is 4.04. The lowest BCUT2D eigenvalue weighted by atomic mass is 10.1. The Kier molecular flexibility index (Phi) is 5.65. The maximum Gasteiger partial charge on any atom is 0.249 e. The molecule has 1 atom stereocenters. The average molecular weight is 422 g/mol. The van der Waals surface area contributed by atoms with Crippen LogP contribution in [0, 0.1) is 0 Å². The van der Waals surface area contributed by atoms with Crippen molar-refractivity contribution in [3.05, 3.63) is 133 Å². The van der Waals surface area contributed by atoms with Crippen molar-refractivity contribution in [2.24, 2.45) is 0 Å². The van der Waals surface area contributed by atoms with E-state index in [0.29, 0.717) is 6.04 Å². The van der Waals surface area contributed by atoms with Crippen molar-refractivity contribution in [1.82, 2.24) is 4.57 Å². The van der Waals surface area contributed by atoms with Crippen LogP contribution < -0.4 is 15.2 Å². The van der Waals surface area contributed by atoms with Crippen molar-refractivity contribution in [1.29, 1.82) is 0 Å². The van der Waals surface area contributed by atoms with Gasteiger partial charge < -0.3 is 0 Å². The molecule has 3 heteroatoms. The molecule has 31 heavy (non-hydrogen) atoms. The molecule has 0 unspecified atom stereocenters. The maximum absolute atomic E-state index is 2.37. The first kappa shape index (κ1) is 19.7. The second-order valence-electron chi connectivity index (χ2n) is 7.80. The van der Waals surface area contributed by atoms with Crippen LogP contribution in [0.3, 0.4) is 0 Å². The van der Waals surface area contributed by atoms with Gasteiger partial charge in [0.25, 0.3) is 0 Å². The topological polar surface area (TPSA) is 8.81 Å². The van der Waals surface area contributed by atoms with E-state index >= 15 is 0 Å². The minimum Gasteiger partial charge on any atom is -0.230 e. The van der Waals surface area contributed by atoms with Gasteiger partial charge in [0.1, 0.15) is 24.1 Å². The number of allylic oxidation sites excluding steroid dienone is 4. The van der Waals surface area contributed by atoms with Gasteiger partial charge in [-0.25, -0.2) is 9.13 Å². The molecule has 0 radical (unpaired) electrons. The van der Waals surface area contributed by atoms with E-state index in [1.807, 2.05) is 0 Å². The van der Waals surface area contributed by atoms with Gasteiger partial charge in [-0.2, -0.15) is 0 Å². The summed E-state index contributed by atoms with van der Waals surface area (Å²) < 4.78 is 4.52. The first-order chi connectivity index (χ1) is 15.3. The maximum atomic E-state index is 2.37. The molecule has 2 nitrogen and oxygen atoms in total. The van der Waals surface area contributed by atoms with Crippen LogP contribution in [0.4, 0.5) is 0 Å². The Hall–Kier alpha value is -3.22. The first-order valence-corrected chi connectivity index (χ1v) is 12.1. The van der Waals surface area contributed by atoms with E-state index in [9.17, 15) is 0 Å². The Balaban J connectivity index is 1.55. The van der Waals surface area contributed by atoms with Crippen molar-refractivity contribution in [3.8, 4) is 5.69 Å². The lowest BCUT2D eigenvalue weighted by Crippen LogP contribution is -2.37. The lowest BCUT2D eigenvalue weighted by Gasteiger charge is -2.23. The van der Waals surface area contributed by atoms with Gasteiger partial charge in [-0.05, 0) is 54.9 Å². The summed E-state index contributed by atoms with van der Waals surface area (Å²) in [5.74, 6) is 0. The van der Waals surface area contributed by atoms with Gasteiger partial charge in [-0.3, -0.25) is 0 Å². The molecule has 0 aliphatic heterocycles. The standard InChI is InChI=1S/C28H26N2P/c1-23(29-20-21-30(22-29)24-12-5-2-6-13-24)27-18-11-19-28(27)31(25-14-7-3-8-15-25)26-16-9-4-10-17-26/h2-17,19-23H,18H2,1H3/q+1/t23-/m1/s1. The largest absolute Gasteiger partial charge is 0.249 e. The second-order valence-corrected chi connectivity index (χ2v) is 9.99. The van der Waals surface area contributed by atoms with Gasteiger partial charge in [0.15, 0.2) is 0 Å². The molecule has 1 aromatic heterocycles. The number of benzene rings is 3. The molecule has 1 aliphatic carbocycles. The number of imidazole rings is 1. The van der Waals surface area contributed by atoms with Crippen LogP contribution >= 0.6 is 7.92 Å². The van der Waals surface area contributed by atoms with Crippen molar-refractivity contribution < 1.29 is 4.57 Å². The average Bonchev–Trinajstić information content (AvgIpc) is 3.52. The molecule has 0 saturated heterocycles. The van der Waals surface area contributed by atoms with E-state index in [1.54, 1.807) is 0 Å². The molecule has 0 spiro atoms. The molecule has 5 rings (SSSR count). The van der Waals surface area contributed by atoms with Crippen LogP contribution in [-0.2, 0) is 0 Å². The van der Waals surface area contributed by atoms with E-state index in [4.69, 9.17) is 0 Å². The third-order valence-electron chi connectivity index (χ3n) is 5.88. The Morgan fingerprint density at radius 1 is 0.806 bits per heavy atom. The van der Waals surface area contributed by atoms with E-state index in [-0.39, 0.29) is 0 Å². The van der Waals surface area contributed by atoms with Crippen molar-refractivity contribution in [2.45, 2.75) is 19.4 Å². The molecule has 1 heterocycles. The molecule has 0 N–H and O–H groups in total. The molecule has 0 bridgehead atoms. The molecule has 152 valence electrons. The van der Waals surface area contributed by atoms with Crippen LogP contribution in [0.15, 0.2) is 133 Å². The van der Waals surface area contributed by atoms with Gasteiger partial charge in [0.2, 0.25) is 6.33 Å². The zero-order valence-electron chi connectivity index (χ0n) is 17.7. The van der Waals surface area contributed by atoms with Crippen molar-refractivity contribution in [2.75, 3.05) is 0 Å². The van der Waals surface area contributed by atoms with Gasteiger partial charge in [-0.1, -0.05) is 91.0 Å². The fraction of sp³-hybridized carbons (Fsp3) is 0.107. The summed E-state index contributed by atoms with van der Waals surface area (Å²) >= 11 is 0. The minimum absolute atomic E-state index is 0.299. The van der Waals surface area contributed by atoms with Gasteiger partial charge in [0, 0.05) is 0 Å². The summed E-state index contributed by atoms with van der Waals surface area (Å²) in [4.78, 5) is 0. The first-order valence-electron chi connectivity index (χ1n) is 10.8. The Bertz CT molecular complexity index is 1170. The smallest absolute Gasteiger partial charge is 0.230 e. The quantitative estimate of drug-likeness (QED) is 0.280. The second kappa shape index (κ2) is 8.88. The van der Waals surface area contributed by atoms with Crippen LogP contribution in [0.5, 0.6) is 0 Å². The highest BCUT2D eigenvalue weighted by Gasteiger charge is 2.27. The molecular weight excluding hydrogens is 395 g/mol. The SMILES string of the molecule is C[C@H](C1=C(P(c2ccccc2)c2ccccc2)C=CC1)[n+]1ccn(-c2ccccc2)c1. The third-order valence-corrected chi connectivity index (χ3v) is 8.42. The normalized spacial score (nSPS) is 14.4. The van der Waals surface area contributed by atoms with E-state index < -0.39 is 7.92 Å². The fourth-order valence-electron chi connectivity index (χ4n) is 4.22. The summed E-state index contributed by atoms with van der Waals surface area (Å²) in [6, 6.07) is 32.7. The number of hydrogen-bond acceptors (Lipinski definition) is 0. The minimum atomic E-state index is -0.578. The highest BCUT2D eigenvalue weighted by atomic mass is 31.1. The van der Waals surface area contributed by atoms with Crippen LogP contribution in [-0.4, -0.2) is 4.57 Å². The summed E-state index contributed by atoms with van der Waals surface area (Å²) in [6.07, 6.45) is 12.2. The molecular formula is C28H26N2P+. The highest BCUT2D eigenvalue weighted by molar-refractivity contribution is 7.77. The van der Waals surface area contributed by atoms with Crippen molar-refractivity contribution in [3.63, 3.8) is 0 Å². The summed E-state index contributed by atoms with van der Waals surface area (Å²) in [5.41, 5.74) is 2.69. The van der Waals surface area contributed by atoms with E-state index in [2.05, 4.69) is 138 Å². The summed E-state index contributed by atoms with van der Waals surface area (Å²) in [5, 5.41) is 4.29. The summed E-state index contributed by atoms with van der Waals surface area (Å²) in [6.45, 7) is 2.32. The Morgan fingerprint density at radius 3 is 2.00 bits per heavy atom. The van der Waals surface area contributed by atoms with Gasteiger partial charge >= 0.3 is 0 Å². The van der Waals surface area contributed by atoms with Crippen molar-refractivity contribution >= 4 is 18.5 Å². The number of aromatic nitrogens is 2. The van der Waals surface area contributed by atoms with E-state index in [0.717, 1.165) is 6.42 Å². The Labute approximate surface area is 185 Å². The number of nitrogens with zero attached hydrogens (tertiary/aromatic N) is 2. The Morgan fingerprint density at radius 2 is 1.39 bits per heavy atom. The van der Waals surface area contributed by atoms with Gasteiger partial charge in [-0.15, -0.1) is 0 Å². The van der Waals surface area contributed by atoms with Crippen LogP contribution in [0.2, 0.25) is 0 Å². The monoisotopic (exact) mass is 421 g/mol. The highest BCUT2D eigenvalue weighted by Crippen LogP contribution is 2.49. The molecule has 3 aromatic carbocycles. The van der Waals surface area contributed by atoms with Gasteiger partial charge in [0.05, 0.1) is 0 Å². The number of rotatable bonds is 6. The van der Waals surface area contributed by atoms with E-state index in [1.165, 1.54) is 27.2 Å². The fourth-order valence-corrected chi connectivity index (χ4v) is 6.84. The van der Waals surface area contributed by atoms with Crippen LogP contribution in [0.25, 0.3) is 5.69 Å². The molecule has 0 fully saturated rings.